The molecule has 0 radical (unpaired) electrons. The van der Waals surface area contributed by atoms with Crippen LogP contribution in [0.3, 0.4) is 0 Å². The monoisotopic (exact) mass is 300 g/mol. The number of rotatable bonds is 3. The lowest BCUT2D eigenvalue weighted by molar-refractivity contribution is 0.112. The maximum absolute atomic E-state index is 10.9. The Morgan fingerprint density at radius 2 is 1.56 bits per heavy atom. The third kappa shape index (κ3) is 2.96. The predicted octanol–water partition coefficient (Wildman–Crippen LogP) is 5.25. The minimum Gasteiger partial charge on any atom is -0.455 e. The van der Waals surface area contributed by atoms with Gasteiger partial charge in [-0.1, -0.05) is 34.8 Å². The first-order valence-corrected chi connectivity index (χ1v) is 6.11. The average molecular weight is 302 g/mol. The van der Waals surface area contributed by atoms with E-state index in [1.807, 2.05) is 0 Å². The van der Waals surface area contributed by atoms with E-state index >= 15 is 0 Å². The van der Waals surface area contributed by atoms with Crippen LogP contribution in [0.5, 0.6) is 11.5 Å². The van der Waals surface area contributed by atoms with Gasteiger partial charge in [0.1, 0.15) is 11.5 Å². The highest BCUT2D eigenvalue weighted by Crippen LogP contribution is 2.33. The fraction of sp³-hybridized carbons (Fsp3) is 0. The molecular formula is C13H7Cl3O2. The van der Waals surface area contributed by atoms with E-state index < -0.39 is 0 Å². The van der Waals surface area contributed by atoms with Crippen molar-refractivity contribution in [1.29, 1.82) is 0 Å². The van der Waals surface area contributed by atoms with E-state index in [2.05, 4.69) is 0 Å². The van der Waals surface area contributed by atoms with Crippen molar-refractivity contribution in [2.75, 3.05) is 0 Å². The Morgan fingerprint density at radius 1 is 0.889 bits per heavy atom. The van der Waals surface area contributed by atoms with Gasteiger partial charge >= 0.3 is 0 Å². The summed E-state index contributed by atoms with van der Waals surface area (Å²) in [6, 6.07) is 9.59. The number of carbonyl (C=O) groups excluding carboxylic acids is 1. The number of halogens is 3. The van der Waals surface area contributed by atoms with Crippen LogP contribution in [0.1, 0.15) is 10.4 Å². The number of hydrogen-bond donors (Lipinski definition) is 0. The molecule has 0 aliphatic heterocycles. The topological polar surface area (TPSA) is 26.3 Å². The lowest BCUT2D eigenvalue weighted by Gasteiger charge is -2.10. The molecule has 5 heteroatoms. The summed E-state index contributed by atoms with van der Waals surface area (Å²) in [7, 11) is 0. The minimum absolute atomic E-state index is 0.346. The van der Waals surface area contributed by atoms with Gasteiger partial charge in [0.25, 0.3) is 0 Å². The van der Waals surface area contributed by atoms with E-state index in [1.54, 1.807) is 30.3 Å². The molecule has 0 aliphatic carbocycles. The second-order valence-electron chi connectivity index (χ2n) is 3.48. The predicted molar refractivity (Wildman–Crippen MR) is 73.4 cm³/mol. The molecule has 18 heavy (non-hydrogen) atoms. The number of hydrogen-bond acceptors (Lipinski definition) is 2. The third-order valence-corrected chi connectivity index (χ3v) is 2.99. The smallest absolute Gasteiger partial charge is 0.153 e. The summed E-state index contributed by atoms with van der Waals surface area (Å²) in [4.78, 5) is 10.9. The Balaban J connectivity index is 2.39. The van der Waals surface area contributed by atoms with Crippen molar-refractivity contribution in [2.24, 2.45) is 0 Å². The molecule has 0 heterocycles. The summed E-state index contributed by atoms with van der Waals surface area (Å²) in [5.41, 5.74) is 0.346. The lowest BCUT2D eigenvalue weighted by atomic mass is 10.2. The van der Waals surface area contributed by atoms with Crippen LogP contribution < -0.4 is 4.74 Å². The van der Waals surface area contributed by atoms with Crippen molar-refractivity contribution in [3.05, 3.63) is 57.0 Å². The van der Waals surface area contributed by atoms with Crippen LogP contribution in [-0.4, -0.2) is 6.29 Å². The quantitative estimate of drug-likeness (QED) is 0.724. The molecule has 2 nitrogen and oxygen atoms in total. The van der Waals surface area contributed by atoms with Gasteiger partial charge in [-0.3, -0.25) is 4.79 Å². The van der Waals surface area contributed by atoms with Gasteiger partial charge in [-0.15, -0.1) is 0 Å². The molecule has 2 rings (SSSR count). The number of ether oxygens (including phenoxy) is 1. The summed E-state index contributed by atoms with van der Waals surface area (Å²) in [6.07, 6.45) is 0.666. The van der Waals surface area contributed by atoms with Crippen LogP contribution >= 0.6 is 34.8 Å². The Bertz CT molecular complexity index is 597. The van der Waals surface area contributed by atoms with Crippen molar-refractivity contribution in [3.63, 3.8) is 0 Å². The van der Waals surface area contributed by atoms with Gasteiger partial charge in [0.2, 0.25) is 0 Å². The van der Waals surface area contributed by atoms with Gasteiger partial charge in [0, 0.05) is 16.1 Å². The van der Waals surface area contributed by atoms with Gasteiger partial charge in [0.05, 0.1) is 10.6 Å². The van der Waals surface area contributed by atoms with E-state index in [1.165, 1.54) is 6.07 Å². The second kappa shape index (κ2) is 5.61. The molecule has 2 aromatic rings. The summed E-state index contributed by atoms with van der Waals surface area (Å²) >= 11 is 17.6. The lowest BCUT2D eigenvalue weighted by Crippen LogP contribution is -1.91. The molecule has 0 spiro atoms. The standard InChI is InChI=1S/C13H7Cl3O2/c14-9-2-4-12(8(5-9)7-17)18-13-6-10(15)1-3-11(13)16/h1-7H. The van der Waals surface area contributed by atoms with Crippen molar-refractivity contribution in [1.82, 2.24) is 0 Å². The van der Waals surface area contributed by atoms with Crippen LogP contribution in [-0.2, 0) is 0 Å². The van der Waals surface area contributed by atoms with E-state index in [0.29, 0.717) is 38.4 Å². The molecule has 0 amide bonds. The van der Waals surface area contributed by atoms with Gasteiger partial charge < -0.3 is 4.74 Å². The minimum atomic E-state index is 0.346. The Hall–Kier alpha value is -1.22. The molecule has 2 aromatic carbocycles. The van der Waals surface area contributed by atoms with E-state index in [4.69, 9.17) is 39.5 Å². The van der Waals surface area contributed by atoms with Crippen molar-refractivity contribution in [2.45, 2.75) is 0 Å². The molecule has 0 unspecified atom stereocenters. The molecule has 0 aromatic heterocycles. The first-order chi connectivity index (χ1) is 8.60. The van der Waals surface area contributed by atoms with Gasteiger partial charge in [-0.25, -0.2) is 0 Å². The van der Waals surface area contributed by atoms with E-state index in [0.717, 1.165) is 0 Å². The molecule has 0 bridgehead atoms. The van der Waals surface area contributed by atoms with Crippen molar-refractivity contribution in [3.8, 4) is 11.5 Å². The molecular weight excluding hydrogens is 294 g/mol. The van der Waals surface area contributed by atoms with Gasteiger partial charge in [0.15, 0.2) is 6.29 Å². The highest BCUT2D eigenvalue weighted by Gasteiger charge is 2.08. The second-order valence-corrected chi connectivity index (χ2v) is 4.76. The fourth-order valence-corrected chi connectivity index (χ4v) is 1.88. The number of benzene rings is 2. The van der Waals surface area contributed by atoms with Crippen molar-refractivity contribution < 1.29 is 9.53 Å². The van der Waals surface area contributed by atoms with Crippen LogP contribution in [0.2, 0.25) is 15.1 Å². The van der Waals surface area contributed by atoms with Gasteiger partial charge in [-0.05, 0) is 30.3 Å². The fourth-order valence-electron chi connectivity index (χ4n) is 1.38. The first-order valence-electron chi connectivity index (χ1n) is 4.98. The Morgan fingerprint density at radius 3 is 2.28 bits per heavy atom. The molecule has 0 saturated heterocycles. The third-order valence-electron chi connectivity index (χ3n) is 2.21. The normalized spacial score (nSPS) is 10.2. The van der Waals surface area contributed by atoms with Crippen LogP contribution in [0, 0.1) is 0 Å². The zero-order chi connectivity index (χ0) is 13.1. The van der Waals surface area contributed by atoms with Crippen LogP contribution in [0.25, 0.3) is 0 Å². The summed E-state index contributed by atoms with van der Waals surface area (Å²) in [5, 5.41) is 1.36. The molecule has 92 valence electrons. The Kier molecular flexibility index (Phi) is 4.12. The van der Waals surface area contributed by atoms with Gasteiger partial charge in [-0.2, -0.15) is 0 Å². The summed E-state index contributed by atoms with van der Waals surface area (Å²) in [5.74, 6) is 0.758. The summed E-state index contributed by atoms with van der Waals surface area (Å²) in [6.45, 7) is 0. The molecule has 0 saturated carbocycles. The van der Waals surface area contributed by atoms with E-state index in [9.17, 15) is 4.79 Å². The number of aldehydes is 1. The highest BCUT2D eigenvalue weighted by molar-refractivity contribution is 6.34. The van der Waals surface area contributed by atoms with Crippen molar-refractivity contribution >= 4 is 41.1 Å². The Labute approximate surface area is 119 Å². The maximum atomic E-state index is 10.9. The molecule has 0 atom stereocenters. The highest BCUT2D eigenvalue weighted by atomic mass is 35.5. The largest absolute Gasteiger partial charge is 0.455 e. The maximum Gasteiger partial charge on any atom is 0.153 e. The molecule has 0 N–H and O–H groups in total. The SMILES string of the molecule is O=Cc1cc(Cl)ccc1Oc1cc(Cl)ccc1Cl. The molecule has 0 aliphatic rings. The first kappa shape index (κ1) is 13.2. The summed E-state index contributed by atoms with van der Waals surface area (Å²) < 4.78 is 5.56. The van der Waals surface area contributed by atoms with E-state index in [-0.39, 0.29) is 0 Å². The average Bonchev–Trinajstić information content (AvgIpc) is 2.36. The van der Waals surface area contributed by atoms with Crippen LogP contribution in [0.15, 0.2) is 36.4 Å². The molecule has 0 fully saturated rings. The number of carbonyl (C=O) groups is 1. The zero-order valence-electron chi connectivity index (χ0n) is 8.99. The van der Waals surface area contributed by atoms with Crippen LogP contribution in [0.4, 0.5) is 0 Å². The zero-order valence-corrected chi connectivity index (χ0v) is 11.3.